The maximum atomic E-state index is 10.4. The Morgan fingerprint density at radius 2 is 1.00 bits per heavy atom. The van der Waals surface area contributed by atoms with Gasteiger partial charge in [-0.25, -0.2) is 0 Å². The number of rotatable bonds is 4. The van der Waals surface area contributed by atoms with Crippen molar-refractivity contribution in [3.05, 3.63) is 68.6 Å². The molecule has 0 radical (unpaired) electrons. The van der Waals surface area contributed by atoms with Crippen LogP contribution in [-0.2, 0) is 0 Å². The van der Waals surface area contributed by atoms with Crippen molar-refractivity contribution in [3.8, 4) is 0 Å². The lowest BCUT2D eigenvalue weighted by atomic mass is 9.89. The summed E-state index contributed by atoms with van der Waals surface area (Å²) in [6, 6.07) is 15.0. The predicted molar refractivity (Wildman–Crippen MR) is 87.4 cm³/mol. The summed E-state index contributed by atoms with van der Waals surface area (Å²) in [7, 11) is 0. The standard InChI is InChI=1S/C16H16Br2O2/c1-10(15(19)11-2-6-13(17)7-3-11)16(20)12-4-8-14(18)9-5-12/h2-10,15-16,19-20H,1H3/t15-,16-/m0/s1. The Balaban J connectivity index is 2.15. The Hall–Kier alpha value is -0.680. The number of aliphatic hydroxyl groups is 2. The Kier molecular flexibility index (Phi) is 5.38. The zero-order valence-electron chi connectivity index (χ0n) is 11.0. The van der Waals surface area contributed by atoms with Crippen LogP contribution in [-0.4, -0.2) is 10.2 Å². The fourth-order valence-corrected chi connectivity index (χ4v) is 2.63. The van der Waals surface area contributed by atoms with Gasteiger partial charge in [-0.15, -0.1) is 0 Å². The lowest BCUT2D eigenvalue weighted by molar-refractivity contribution is 0.0199. The molecule has 20 heavy (non-hydrogen) atoms. The maximum absolute atomic E-state index is 10.4. The fourth-order valence-electron chi connectivity index (χ4n) is 2.10. The molecule has 106 valence electrons. The van der Waals surface area contributed by atoms with Crippen LogP contribution in [0, 0.1) is 5.92 Å². The molecular weight excluding hydrogens is 384 g/mol. The van der Waals surface area contributed by atoms with Crippen LogP contribution in [0.2, 0.25) is 0 Å². The molecule has 0 aromatic heterocycles. The molecule has 2 nitrogen and oxygen atoms in total. The summed E-state index contributed by atoms with van der Waals surface area (Å²) >= 11 is 6.74. The third-order valence-corrected chi connectivity index (χ3v) is 4.48. The monoisotopic (exact) mass is 398 g/mol. The minimum Gasteiger partial charge on any atom is -0.388 e. The smallest absolute Gasteiger partial charge is 0.0843 e. The second-order valence-corrected chi connectivity index (χ2v) is 6.68. The molecule has 0 aliphatic rings. The van der Waals surface area contributed by atoms with Gasteiger partial charge in [-0.1, -0.05) is 63.0 Å². The van der Waals surface area contributed by atoms with Crippen molar-refractivity contribution < 1.29 is 10.2 Å². The molecule has 0 bridgehead atoms. The number of aliphatic hydroxyl groups excluding tert-OH is 2. The van der Waals surface area contributed by atoms with Crippen LogP contribution in [0.1, 0.15) is 30.3 Å². The van der Waals surface area contributed by atoms with Crippen molar-refractivity contribution in [1.29, 1.82) is 0 Å². The minimum absolute atomic E-state index is 0.294. The predicted octanol–water partition coefficient (Wildman–Crippen LogP) is 4.61. The van der Waals surface area contributed by atoms with E-state index in [0.29, 0.717) is 0 Å². The van der Waals surface area contributed by atoms with Crippen LogP contribution < -0.4 is 0 Å². The zero-order chi connectivity index (χ0) is 14.7. The fraction of sp³-hybridized carbons (Fsp3) is 0.250. The number of benzene rings is 2. The number of halogens is 2. The van der Waals surface area contributed by atoms with Crippen LogP contribution in [0.5, 0.6) is 0 Å². The van der Waals surface area contributed by atoms with E-state index in [4.69, 9.17) is 0 Å². The maximum Gasteiger partial charge on any atom is 0.0843 e. The normalized spacial score (nSPS) is 14.3. The largest absolute Gasteiger partial charge is 0.388 e. The number of hydrogen-bond donors (Lipinski definition) is 2. The topological polar surface area (TPSA) is 40.5 Å². The second-order valence-electron chi connectivity index (χ2n) is 4.85. The van der Waals surface area contributed by atoms with Crippen LogP contribution in [0.25, 0.3) is 0 Å². The first kappa shape index (κ1) is 15.7. The molecule has 2 rings (SSSR count). The van der Waals surface area contributed by atoms with Crippen molar-refractivity contribution in [2.75, 3.05) is 0 Å². The summed E-state index contributed by atoms with van der Waals surface area (Å²) in [5.74, 6) is -0.294. The van der Waals surface area contributed by atoms with E-state index in [0.717, 1.165) is 20.1 Å². The Morgan fingerprint density at radius 3 is 1.30 bits per heavy atom. The molecule has 0 amide bonds. The molecule has 2 aromatic carbocycles. The SMILES string of the molecule is CC([C@H](O)c1ccc(Br)cc1)[C@H](O)c1ccc(Br)cc1. The van der Waals surface area contributed by atoms with Crippen molar-refractivity contribution >= 4 is 31.9 Å². The van der Waals surface area contributed by atoms with E-state index in [9.17, 15) is 10.2 Å². The molecule has 0 fully saturated rings. The van der Waals surface area contributed by atoms with Gasteiger partial charge < -0.3 is 10.2 Å². The molecule has 4 heteroatoms. The summed E-state index contributed by atoms with van der Waals surface area (Å²) < 4.78 is 1.93. The van der Waals surface area contributed by atoms with Crippen LogP contribution in [0.4, 0.5) is 0 Å². The molecule has 0 spiro atoms. The minimum atomic E-state index is -0.707. The van der Waals surface area contributed by atoms with E-state index in [1.54, 1.807) is 0 Å². The van der Waals surface area contributed by atoms with Crippen LogP contribution in [0.3, 0.4) is 0 Å². The number of hydrogen-bond acceptors (Lipinski definition) is 2. The molecular formula is C16H16Br2O2. The lowest BCUT2D eigenvalue weighted by Gasteiger charge is -2.25. The van der Waals surface area contributed by atoms with Crippen molar-refractivity contribution in [3.63, 3.8) is 0 Å². The quantitative estimate of drug-likeness (QED) is 0.787. The van der Waals surface area contributed by atoms with Gasteiger partial charge in [0.2, 0.25) is 0 Å². The summed E-state index contributed by atoms with van der Waals surface area (Å²) in [5.41, 5.74) is 1.61. The third kappa shape index (κ3) is 3.70. The molecule has 2 atom stereocenters. The highest BCUT2D eigenvalue weighted by atomic mass is 79.9. The van der Waals surface area contributed by atoms with Crippen molar-refractivity contribution in [2.24, 2.45) is 5.92 Å². The van der Waals surface area contributed by atoms with Crippen molar-refractivity contribution in [1.82, 2.24) is 0 Å². The van der Waals surface area contributed by atoms with E-state index in [-0.39, 0.29) is 5.92 Å². The average molecular weight is 400 g/mol. The summed E-state index contributed by atoms with van der Waals surface area (Å²) in [4.78, 5) is 0. The molecule has 0 saturated carbocycles. The lowest BCUT2D eigenvalue weighted by Crippen LogP contribution is -2.17. The van der Waals surface area contributed by atoms with Gasteiger partial charge in [0.1, 0.15) is 0 Å². The molecule has 0 aliphatic carbocycles. The van der Waals surface area contributed by atoms with E-state index in [1.165, 1.54) is 0 Å². The van der Waals surface area contributed by atoms with Gasteiger partial charge >= 0.3 is 0 Å². The van der Waals surface area contributed by atoms with Gasteiger partial charge in [0.05, 0.1) is 12.2 Å². The zero-order valence-corrected chi connectivity index (χ0v) is 14.2. The molecule has 0 unspecified atom stereocenters. The van der Waals surface area contributed by atoms with E-state index in [2.05, 4.69) is 31.9 Å². The Bertz CT molecular complexity index is 500. The highest BCUT2D eigenvalue weighted by Crippen LogP contribution is 2.33. The Morgan fingerprint density at radius 1 is 0.700 bits per heavy atom. The second kappa shape index (κ2) is 6.85. The molecule has 0 heterocycles. The summed E-state index contributed by atoms with van der Waals surface area (Å²) in [5, 5.41) is 20.8. The highest BCUT2D eigenvalue weighted by molar-refractivity contribution is 9.10. The van der Waals surface area contributed by atoms with Gasteiger partial charge in [-0.3, -0.25) is 0 Å². The molecule has 0 saturated heterocycles. The first-order chi connectivity index (χ1) is 9.49. The van der Waals surface area contributed by atoms with Gasteiger partial charge in [0.15, 0.2) is 0 Å². The van der Waals surface area contributed by atoms with Gasteiger partial charge in [-0.05, 0) is 35.4 Å². The summed E-state index contributed by atoms with van der Waals surface area (Å²) in [6.07, 6.45) is -1.41. The van der Waals surface area contributed by atoms with Gasteiger partial charge in [-0.2, -0.15) is 0 Å². The third-order valence-electron chi connectivity index (χ3n) is 3.42. The van der Waals surface area contributed by atoms with Gasteiger partial charge in [0, 0.05) is 14.9 Å². The van der Waals surface area contributed by atoms with Gasteiger partial charge in [0.25, 0.3) is 0 Å². The van der Waals surface area contributed by atoms with Crippen LogP contribution in [0.15, 0.2) is 57.5 Å². The highest BCUT2D eigenvalue weighted by Gasteiger charge is 2.25. The van der Waals surface area contributed by atoms with E-state index < -0.39 is 12.2 Å². The summed E-state index contributed by atoms with van der Waals surface area (Å²) in [6.45, 7) is 1.85. The molecule has 0 aliphatic heterocycles. The first-order valence-electron chi connectivity index (χ1n) is 6.36. The first-order valence-corrected chi connectivity index (χ1v) is 7.94. The van der Waals surface area contributed by atoms with Crippen molar-refractivity contribution in [2.45, 2.75) is 19.1 Å². The van der Waals surface area contributed by atoms with E-state index >= 15 is 0 Å². The van der Waals surface area contributed by atoms with E-state index in [1.807, 2.05) is 55.5 Å². The average Bonchev–Trinajstić information content (AvgIpc) is 2.46. The molecule has 2 aromatic rings. The Labute approximate surface area is 135 Å². The van der Waals surface area contributed by atoms with Crippen LogP contribution >= 0.6 is 31.9 Å². The molecule has 2 N–H and O–H groups in total.